The van der Waals surface area contributed by atoms with Crippen molar-refractivity contribution in [3.05, 3.63) is 68.9 Å². The highest BCUT2D eigenvalue weighted by atomic mass is 35.5. The van der Waals surface area contributed by atoms with Crippen LogP contribution in [0.15, 0.2) is 42.6 Å². The van der Waals surface area contributed by atoms with Crippen molar-refractivity contribution in [2.24, 2.45) is 5.73 Å². The normalized spacial score (nSPS) is 13.3. The predicted molar refractivity (Wildman–Crippen MR) is 131 cm³/mol. The molecule has 0 unspecified atom stereocenters. The summed E-state index contributed by atoms with van der Waals surface area (Å²) in [6.45, 7) is 0. The van der Waals surface area contributed by atoms with Crippen molar-refractivity contribution in [1.29, 1.82) is 0 Å². The van der Waals surface area contributed by atoms with Crippen molar-refractivity contribution < 1.29 is 9.53 Å². The second kappa shape index (κ2) is 8.41. The van der Waals surface area contributed by atoms with Crippen molar-refractivity contribution in [2.75, 3.05) is 12.4 Å². The van der Waals surface area contributed by atoms with Gasteiger partial charge in [0, 0.05) is 28.9 Å². The molecular formula is C23H18Cl3N5O2. The SMILES string of the molecule is COc1cccc(Nc2c(C(N)=O)cnc3c2c(C2CC2)nn3-c2c(Cl)cc(Cl)cc2Cl)c1. The Morgan fingerprint density at radius 2 is 1.91 bits per heavy atom. The van der Waals surface area contributed by atoms with E-state index in [1.807, 2.05) is 24.3 Å². The van der Waals surface area contributed by atoms with E-state index in [9.17, 15) is 4.79 Å². The molecule has 2 aromatic heterocycles. The van der Waals surface area contributed by atoms with Gasteiger partial charge in [-0.3, -0.25) is 4.79 Å². The first-order valence-electron chi connectivity index (χ1n) is 10.1. The molecule has 1 aliphatic carbocycles. The summed E-state index contributed by atoms with van der Waals surface area (Å²) in [6, 6.07) is 10.6. The Balaban J connectivity index is 1.79. The molecule has 10 heteroatoms. The average molecular weight is 503 g/mol. The minimum Gasteiger partial charge on any atom is -0.497 e. The third-order valence-electron chi connectivity index (χ3n) is 5.49. The zero-order valence-corrected chi connectivity index (χ0v) is 19.7. The molecule has 5 rings (SSSR count). The zero-order chi connectivity index (χ0) is 23.3. The Bertz CT molecular complexity index is 1390. The molecule has 0 bridgehead atoms. The maximum Gasteiger partial charge on any atom is 0.252 e. The number of ether oxygens (including phenoxy) is 1. The number of carbonyl (C=O) groups is 1. The van der Waals surface area contributed by atoms with E-state index in [0.29, 0.717) is 43.2 Å². The van der Waals surface area contributed by atoms with Gasteiger partial charge in [-0.05, 0) is 37.1 Å². The third kappa shape index (κ3) is 3.97. The maximum absolute atomic E-state index is 12.3. The molecule has 0 spiro atoms. The average Bonchev–Trinajstić information content (AvgIpc) is 3.55. The fourth-order valence-electron chi connectivity index (χ4n) is 3.81. The molecule has 2 heterocycles. The highest BCUT2D eigenvalue weighted by molar-refractivity contribution is 6.40. The first kappa shape index (κ1) is 21.8. The monoisotopic (exact) mass is 501 g/mol. The van der Waals surface area contributed by atoms with Crippen molar-refractivity contribution >= 4 is 63.1 Å². The van der Waals surface area contributed by atoms with E-state index in [0.717, 1.165) is 24.2 Å². The highest BCUT2D eigenvalue weighted by Gasteiger charge is 2.33. The standard InChI is InChI=1S/C23H18Cl3N5O2/c1-33-14-4-2-3-13(9-14)29-20-15(22(27)32)10-28-23-18(20)19(11-5-6-11)30-31(23)21-16(25)7-12(24)8-17(21)26/h2-4,7-11H,5-6H2,1H3,(H2,27,32)(H,28,29). The number of hydrogen-bond donors (Lipinski definition) is 2. The molecule has 33 heavy (non-hydrogen) atoms. The minimum atomic E-state index is -0.605. The number of carbonyl (C=O) groups excluding carboxylic acids is 1. The van der Waals surface area contributed by atoms with E-state index < -0.39 is 5.91 Å². The second-order valence-corrected chi connectivity index (χ2v) is 9.01. The Hall–Kier alpha value is -3.00. The quantitative estimate of drug-likeness (QED) is 0.332. The summed E-state index contributed by atoms with van der Waals surface area (Å²) in [5, 5.41) is 9.95. The van der Waals surface area contributed by atoms with E-state index in [1.165, 1.54) is 6.20 Å². The molecule has 7 nitrogen and oxygen atoms in total. The largest absolute Gasteiger partial charge is 0.497 e. The fraction of sp³-hybridized carbons (Fsp3) is 0.174. The van der Waals surface area contributed by atoms with Gasteiger partial charge in [-0.1, -0.05) is 40.9 Å². The number of primary amides is 1. The lowest BCUT2D eigenvalue weighted by Crippen LogP contribution is -2.14. The molecule has 2 aromatic carbocycles. The highest BCUT2D eigenvalue weighted by Crippen LogP contribution is 2.46. The van der Waals surface area contributed by atoms with E-state index in [-0.39, 0.29) is 11.5 Å². The summed E-state index contributed by atoms with van der Waals surface area (Å²) in [5.41, 5.74) is 8.97. The van der Waals surface area contributed by atoms with Gasteiger partial charge in [0.15, 0.2) is 5.65 Å². The number of nitrogens with zero attached hydrogens (tertiary/aromatic N) is 3. The van der Waals surface area contributed by atoms with Crippen LogP contribution in [0, 0.1) is 0 Å². The number of nitrogens with two attached hydrogens (primary N) is 1. The number of methoxy groups -OCH3 is 1. The maximum atomic E-state index is 12.3. The minimum absolute atomic E-state index is 0.231. The van der Waals surface area contributed by atoms with Gasteiger partial charge in [0.2, 0.25) is 0 Å². The molecule has 1 saturated carbocycles. The van der Waals surface area contributed by atoms with Gasteiger partial charge in [0.25, 0.3) is 5.91 Å². The van der Waals surface area contributed by atoms with Gasteiger partial charge in [-0.25, -0.2) is 9.67 Å². The molecule has 0 saturated heterocycles. The van der Waals surface area contributed by atoms with Crippen LogP contribution in [0.2, 0.25) is 15.1 Å². The summed E-state index contributed by atoms with van der Waals surface area (Å²) in [7, 11) is 1.59. The Kier molecular flexibility index (Phi) is 5.56. The van der Waals surface area contributed by atoms with Gasteiger partial charge in [0.1, 0.15) is 11.4 Å². The lowest BCUT2D eigenvalue weighted by molar-refractivity contribution is 0.100. The van der Waals surface area contributed by atoms with Crippen LogP contribution in [0.3, 0.4) is 0 Å². The number of amides is 1. The summed E-state index contributed by atoms with van der Waals surface area (Å²) >= 11 is 19.1. The number of halogens is 3. The number of anilines is 2. The van der Waals surface area contributed by atoms with Crippen molar-refractivity contribution in [1.82, 2.24) is 14.8 Å². The summed E-state index contributed by atoms with van der Waals surface area (Å²) in [4.78, 5) is 16.9. The molecule has 1 amide bonds. The van der Waals surface area contributed by atoms with Gasteiger partial charge in [-0.2, -0.15) is 5.10 Å². The number of benzene rings is 2. The Morgan fingerprint density at radius 1 is 1.18 bits per heavy atom. The van der Waals surface area contributed by atoms with E-state index in [2.05, 4.69) is 10.3 Å². The fourth-order valence-corrected chi connectivity index (χ4v) is 4.78. The summed E-state index contributed by atoms with van der Waals surface area (Å²) < 4.78 is 6.93. The molecule has 0 radical (unpaired) electrons. The topological polar surface area (TPSA) is 95.1 Å². The first-order valence-corrected chi connectivity index (χ1v) is 11.3. The van der Waals surface area contributed by atoms with Crippen LogP contribution in [-0.4, -0.2) is 27.8 Å². The van der Waals surface area contributed by atoms with Crippen LogP contribution < -0.4 is 15.8 Å². The molecule has 1 fully saturated rings. The van der Waals surface area contributed by atoms with Crippen molar-refractivity contribution in [3.8, 4) is 11.4 Å². The van der Waals surface area contributed by atoms with E-state index in [1.54, 1.807) is 23.9 Å². The lowest BCUT2D eigenvalue weighted by atomic mass is 10.1. The van der Waals surface area contributed by atoms with Crippen LogP contribution in [0.5, 0.6) is 5.75 Å². The van der Waals surface area contributed by atoms with Gasteiger partial charge in [-0.15, -0.1) is 0 Å². The number of pyridine rings is 1. The zero-order valence-electron chi connectivity index (χ0n) is 17.4. The van der Waals surface area contributed by atoms with Crippen LogP contribution in [0.1, 0.15) is 34.8 Å². The smallest absolute Gasteiger partial charge is 0.252 e. The molecule has 0 atom stereocenters. The van der Waals surface area contributed by atoms with Crippen molar-refractivity contribution in [2.45, 2.75) is 18.8 Å². The van der Waals surface area contributed by atoms with Crippen molar-refractivity contribution in [3.63, 3.8) is 0 Å². The molecule has 4 aromatic rings. The van der Waals surface area contributed by atoms with Crippen LogP contribution >= 0.6 is 34.8 Å². The predicted octanol–water partition coefficient (Wildman–Crippen LogP) is 6.11. The van der Waals surface area contributed by atoms with Gasteiger partial charge in [0.05, 0.1) is 39.5 Å². The molecule has 0 aliphatic heterocycles. The molecule has 1 aliphatic rings. The Labute approximate surface area is 204 Å². The third-order valence-corrected chi connectivity index (χ3v) is 6.28. The van der Waals surface area contributed by atoms with Gasteiger partial charge < -0.3 is 15.8 Å². The summed E-state index contributed by atoms with van der Waals surface area (Å²) in [6.07, 6.45) is 3.39. The Morgan fingerprint density at radius 3 is 2.55 bits per heavy atom. The second-order valence-electron chi connectivity index (χ2n) is 7.76. The number of aromatic nitrogens is 3. The number of nitrogens with one attached hydrogen (secondary N) is 1. The number of hydrogen-bond acceptors (Lipinski definition) is 5. The van der Waals surface area contributed by atoms with Crippen LogP contribution in [-0.2, 0) is 0 Å². The van der Waals surface area contributed by atoms with Crippen LogP contribution in [0.25, 0.3) is 16.7 Å². The van der Waals surface area contributed by atoms with E-state index in [4.69, 9.17) is 50.4 Å². The lowest BCUT2D eigenvalue weighted by Gasteiger charge is -2.14. The summed E-state index contributed by atoms with van der Waals surface area (Å²) in [5.74, 6) is 0.296. The number of fused-ring (bicyclic) bond motifs is 1. The van der Waals surface area contributed by atoms with E-state index >= 15 is 0 Å². The number of rotatable bonds is 6. The van der Waals surface area contributed by atoms with Gasteiger partial charge >= 0.3 is 0 Å². The first-order chi connectivity index (χ1) is 15.9. The molecule has 168 valence electrons. The van der Waals surface area contributed by atoms with Crippen LogP contribution in [0.4, 0.5) is 11.4 Å². The molecular weight excluding hydrogens is 485 g/mol. The molecule has 3 N–H and O–H groups in total.